The van der Waals surface area contributed by atoms with E-state index in [1.165, 1.54) is 18.5 Å². The van der Waals surface area contributed by atoms with Crippen LogP contribution in [-0.4, -0.2) is 48.3 Å². The van der Waals surface area contributed by atoms with Crippen LogP contribution in [0.15, 0.2) is 71.9 Å². The number of pyridine rings is 1. The number of rotatable bonds is 6. The Morgan fingerprint density at radius 3 is 2.29 bits per heavy atom. The van der Waals surface area contributed by atoms with Crippen molar-refractivity contribution < 1.29 is 36.0 Å². The zero-order chi connectivity index (χ0) is 27.7. The van der Waals surface area contributed by atoms with Crippen molar-refractivity contribution >= 4 is 56.5 Å². The topological polar surface area (TPSA) is 129 Å². The van der Waals surface area contributed by atoms with E-state index in [1.807, 2.05) is 0 Å². The Balaban J connectivity index is 1.47. The number of benzene rings is 2. The number of urea groups is 2. The summed E-state index contributed by atoms with van der Waals surface area (Å²) in [5.41, 5.74) is -4.41. The molecule has 10 nitrogen and oxygen atoms in total. The van der Waals surface area contributed by atoms with Gasteiger partial charge in [-0.3, -0.25) is 9.78 Å². The van der Waals surface area contributed by atoms with Crippen molar-refractivity contribution in [3.8, 4) is 0 Å². The maximum atomic E-state index is 13.0. The molecule has 2 N–H and O–H groups in total. The fourth-order valence-corrected chi connectivity index (χ4v) is 4.42. The molecule has 0 atom stereocenters. The van der Waals surface area contributed by atoms with Crippen molar-refractivity contribution in [1.29, 1.82) is 0 Å². The predicted octanol–water partition coefficient (Wildman–Crippen LogP) is 4.64. The number of alkyl halides is 3. The molecule has 0 bridgehead atoms. The van der Waals surface area contributed by atoms with E-state index in [1.54, 1.807) is 24.3 Å². The smallest absolute Gasteiger partial charge is 0.310 e. The Labute approximate surface area is 218 Å². The molecule has 2 aromatic carbocycles. The Hall–Kier alpha value is -4.17. The Kier molecular flexibility index (Phi) is 7.29. The van der Waals surface area contributed by atoms with E-state index in [-0.39, 0.29) is 24.5 Å². The van der Waals surface area contributed by atoms with Crippen LogP contribution in [0.1, 0.15) is 5.56 Å². The molecule has 0 aliphatic carbocycles. The summed E-state index contributed by atoms with van der Waals surface area (Å²) in [6.45, 7) is -0.471. The van der Waals surface area contributed by atoms with Crippen LogP contribution in [0.2, 0.25) is 5.02 Å². The van der Waals surface area contributed by atoms with Crippen molar-refractivity contribution in [3.05, 3.63) is 77.6 Å². The Morgan fingerprint density at radius 1 is 1.00 bits per heavy atom. The SMILES string of the molecule is O=C(Nc1ccc(Cl)cc1)Nc1cnccc1CN1CC(=O)N(c2ccc(S(=O)(=O)C(F)(F)F)cc2)C1=O. The fraction of sp³-hybridized carbons (Fsp3) is 0.130. The Bertz CT molecular complexity index is 1500. The van der Waals surface area contributed by atoms with Gasteiger partial charge in [0.05, 0.1) is 29.0 Å². The summed E-state index contributed by atoms with van der Waals surface area (Å²) in [7, 11) is -5.58. The number of amides is 5. The number of nitrogens with zero attached hydrogens (tertiary/aromatic N) is 3. The molecular weight excluding hydrogens is 551 g/mol. The average Bonchev–Trinajstić information content (AvgIpc) is 3.13. The minimum Gasteiger partial charge on any atom is -0.310 e. The van der Waals surface area contributed by atoms with E-state index >= 15 is 0 Å². The first-order valence-corrected chi connectivity index (χ1v) is 12.5. The van der Waals surface area contributed by atoms with Crippen molar-refractivity contribution in [3.63, 3.8) is 0 Å². The number of imide groups is 1. The second kappa shape index (κ2) is 10.3. The molecular formula is C23H17ClF3N5O5S. The fourth-order valence-electron chi connectivity index (χ4n) is 3.53. The number of nitrogens with one attached hydrogen (secondary N) is 2. The summed E-state index contributed by atoms with van der Waals surface area (Å²) in [5, 5.41) is 5.73. The summed E-state index contributed by atoms with van der Waals surface area (Å²) in [6.07, 6.45) is 2.79. The molecule has 0 saturated carbocycles. The van der Waals surface area contributed by atoms with Gasteiger partial charge in [-0.25, -0.2) is 22.9 Å². The number of carbonyl (C=O) groups is 3. The highest BCUT2D eigenvalue weighted by Gasteiger charge is 2.47. The zero-order valence-corrected chi connectivity index (χ0v) is 20.6. The molecule has 0 radical (unpaired) electrons. The third-order valence-corrected chi connectivity index (χ3v) is 7.12. The highest BCUT2D eigenvalue weighted by atomic mass is 35.5. The van der Waals surface area contributed by atoms with Gasteiger partial charge in [0.15, 0.2) is 0 Å². The van der Waals surface area contributed by atoms with E-state index < -0.39 is 38.2 Å². The molecule has 198 valence electrons. The van der Waals surface area contributed by atoms with Gasteiger partial charge in [-0.1, -0.05) is 11.6 Å². The molecule has 1 saturated heterocycles. The first-order valence-electron chi connectivity index (χ1n) is 10.7. The van der Waals surface area contributed by atoms with Crippen LogP contribution >= 0.6 is 11.6 Å². The molecule has 1 fully saturated rings. The predicted molar refractivity (Wildman–Crippen MR) is 131 cm³/mol. The number of sulfone groups is 1. The van der Waals surface area contributed by atoms with Crippen LogP contribution in [0.3, 0.4) is 0 Å². The maximum Gasteiger partial charge on any atom is 0.501 e. The number of hydrogen-bond acceptors (Lipinski definition) is 6. The lowest BCUT2D eigenvalue weighted by Gasteiger charge is -2.19. The van der Waals surface area contributed by atoms with Crippen LogP contribution in [0.5, 0.6) is 0 Å². The minimum atomic E-state index is -5.58. The second-order valence-corrected chi connectivity index (χ2v) is 10.3. The summed E-state index contributed by atoms with van der Waals surface area (Å²) in [6, 6.07) is 9.77. The van der Waals surface area contributed by atoms with Gasteiger partial charge >= 0.3 is 17.6 Å². The second-order valence-electron chi connectivity index (χ2n) is 7.93. The van der Waals surface area contributed by atoms with Gasteiger partial charge in [0, 0.05) is 16.9 Å². The summed E-state index contributed by atoms with van der Waals surface area (Å²) in [5.74, 6) is -0.675. The highest BCUT2D eigenvalue weighted by molar-refractivity contribution is 7.92. The van der Waals surface area contributed by atoms with Crippen molar-refractivity contribution in [2.75, 3.05) is 22.1 Å². The number of halogens is 4. The Morgan fingerprint density at radius 2 is 1.66 bits per heavy atom. The summed E-state index contributed by atoms with van der Waals surface area (Å²) >= 11 is 5.83. The van der Waals surface area contributed by atoms with Crippen molar-refractivity contribution in [2.45, 2.75) is 16.9 Å². The lowest BCUT2D eigenvalue weighted by molar-refractivity contribution is -0.116. The number of anilines is 3. The largest absolute Gasteiger partial charge is 0.501 e. The molecule has 1 aromatic heterocycles. The highest BCUT2D eigenvalue weighted by Crippen LogP contribution is 2.32. The first kappa shape index (κ1) is 26.9. The molecule has 2 heterocycles. The standard InChI is InChI=1S/C23H17ClF3N5O5S/c24-15-1-3-16(4-2-15)29-21(34)30-19-11-28-10-9-14(19)12-31-13-20(33)32(22(31)35)17-5-7-18(8-6-17)38(36,37)23(25,26)27/h1-11H,12-13H2,(H2,29,30,34). The van der Waals surface area contributed by atoms with Crippen LogP contribution in [0.25, 0.3) is 0 Å². The van der Waals surface area contributed by atoms with Gasteiger partial charge in [-0.05, 0) is 60.2 Å². The van der Waals surface area contributed by atoms with Crippen LogP contribution in [0, 0.1) is 0 Å². The van der Waals surface area contributed by atoms with E-state index in [0.29, 0.717) is 28.4 Å². The molecule has 1 aliphatic heterocycles. The molecule has 0 unspecified atom stereocenters. The average molecular weight is 568 g/mol. The lowest BCUT2D eigenvalue weighted by atomic mass is 10.2. The first-order chi connectivity index (χ1) is 17.9. The van der Waals surface area contributed by atoms with Gasteiger partial charge in [0.2, 0.25) is 0 Å². The number of hydrogen-bond donors (Lipinski definition) is 2. The van der Waals surface area contributed by atoms with Gasteiger partial charge in [-0.15, -0.1) is 0 Å². The lowest BCUT2D eigenvalue weighted by Crippen LogP contribution is -2.33. The van der Waals surface area contributed by atoms with Crippen LogP contribution < -0.4 is 15.5 Å². The molecule has 3 aromatic rings. The van der Waals surface area contributed by atoms with E-state index in [9.17, 15) is 36.0 Å². The van der Waals surface area contributed by atoms with Crippen LogP contribution in [-0.2, 0) is 21.2 Å². The van der Waals surface area contributed by atoms with E-state index in [0.717, 1.165) is 21.9 Å². The number of aromatic nitrogens is 1. The van der Waals surface area contributed by atoms with Gasteiger partial charge in [-0.2, -0.15) is 13.2 Å². The molecule has 0 spiro atoms. The molecule has 15 heteroatoms. The van der Waals surface area contributed by atoms with E-state index in [2.05, 4.69) is 15.6 Å². The molecule has 1 aliphatic rings. The molecule has 4 rings (SSSR count). The molecule has 38 heavy (non-hydrogen) atoms. The monoisotopic (exact) mass is 567 g/mol. The third kappa shape index (κ3) is 5.55. The van der Waals surface area contributed by atoms with Crippen molar-refractivity contribution in [2.24, 2.45) is 0 Å². The molecule has 5 amide bonds. The van der Waals surface area contributed by atoms with E-state index in [4.69, 9.17) is 11.6 Å². The van der Waals surface area contributed by atoms with Crippen molar-refractivity contribution in [1.82, 2.24) is 9.88 Å². The minimum absolute atomic E-state index is 0.0981. The zero-order valence-electron chi connectivity index (χ0n) is 19.1. The number of carbonyl (C=O) groups excluding carboxylic acids is 3. The third-order valence-electron chi connectivity index (χ3n) is 5.37. The van der Waals surface area contributed by atoms with Crippen LogP contribution in [0.4, 0.5) is 39.8 Å². The summed E-state index contributed by atoms with van der Waals surface area (Å²) in [4.78, 5) is 42.8. The van der Waals surface area contributed by atoms with Gasteiger partial charge in [0.25, 0.3) is 15.7 Å². The van der Waals surface area contributed by atoms with Gasteiger partial charge < -0.3 is 15.5 Å². The maximum absolute atomic E-state index is 13.0. The van der Waals surface area contributed by atoms with Gasteiger partial charge in [0.1, 0.15) is 6.54 Å². The normalized spacial score (nSPS) is 14.1. The summed E-state index contributed by atoms with van der Waals surface area (Å²) < 4.78 is 61.5. The quantitative estimate of drug-likeness (QED) is 0.418.